The average Bonchev–Trinajstić information content (AvgIpc) is 2.88. The molecule has 2 aliphatic rings. The van der Waals surface area contributed by atoms with E-state index in [0.29, 0.717) is 26.2 Å². The molecule has 2 amide bonds. The van der Waals surface area contributed by atoms with Gasteiger partial charge in [0.15, 0.2) is 5.75 Å². The maximum absolute atomic E-state index is 12.4. The lowest BCUT2D eigenvalue weighted by Gasteiger charge is -2.41. The summed E-state index contributed by atoms with van der Waals surface area (Å²) in [6.45, 7) is 10.3. The molecule has 0 spiro atoms. The molecule has 150 valence electrons. The standard InChI is InChI=1S/C23H26N4O2/c1-4-11-24-23(28)27-13-12-26(15-17(27)3)22-18-14-16(2)9-10-20(18)29-21-8-6-5-7-19(21)25-22/h4-10,14,17H,1,11-13,15H2,2-3H3,(H,24,28). The molecule has 0 bridgehead atoms. The van der Waals surface area contributed by atoms with Crippen LogP contribution in [0, 0.1) is 6.92 Å². The Morgan fingerprint density at radius 3 is 2.90 bits per heavy atom. The van der Waals surface area contributed by atoms with Crippen LogP contribution < -0.4 is 10.1 Å². The minimum absolute atomic E-state index is 0.0511. The van der Waals surface area contributed by atoms with Crippen molar-refractivity contribution in [2.75, 3.05) is 26.2 Å². The van der Waals surface area contributed by atoms with Gasteiger partial charge in [0.2, 0.25) is 0 Å². The summed E-state index contributed by atoms with van der Waals surface area (Å²) in [6, 6.07) is 14.0. The van der Waals surface area contributed by atoms with E-state index in [1.165, 1.54) is 0 Å². The molecule has 0 aliphatic carbocycles. The number of hydrogen-bond acceptors (Lipinski definition) is 4. The van der Waals surface area contributed by atoms with Crippen LogP contribution in [-0.4, -0.2) is 53.9 Å². The Morgan fingerprint density at radius 2 is 2.10 bits per heavy atom. The summed E-state index contributed by atoms with van der Waals surface area (Å²) in [5.41, 5.74) is 2.95. The topological polar surface area (TPSA) is 57.2 Å². The predicted molar refractivity (Wildman–Crippen MR) is 115 cm³/mol. The van der Waals surface area contributed by atoms with E-state index in [1.807, 2.05) is 35.2 Å². The van der Waals surface area contributed by atoms with Gasteiger partial charge >= 0.3 is 6.03 Å². The Labute approximate surface area is 171 Å². The first-order valence-electron chi connectivity index (χ1n) is 9.93. The van der Waals surface area contributed by atoms with Gasteiger partial charge in [-0.25, -0.2) is 9.79 Å². The van der Waals surface area contributed by atoms with Gasteiger partial charge in [0, 0.05) is 32.2 Å². The zero-order chi connectivity index (χ0) is 20.4. The smallest absolute Gasteiger partial charge is 0.318 e. The van der Waals surface area contributed by atoms with Crippen LogP contribution >= 0.6 is 0 Å². The zero-order valence-corrected chi connectivity index (χ0v) is 16.9. The first-order valence-corrected chi connectivity index (χ1v) is 9.93. The number of para-hydroxylation sites is 2. The van der Waals surface area contributed by atoms with Crippen molar-refractivity contribution in [3.8, 4) is 11.5 Å². The van der Waals surface area contributed by atoms with Crippen molar-refractivity contribution in [2.45, 2.75) is 19.9 Å². The lowest BCUT2D eigenvalue weighted by molar-refractivity contribution is 0.135. The highest BCUT2D eigenvalue weighted by molar-refractivity contribution is 6.04. The molecule has 2 aliphatic heterocycles. The molecule has 1 N–H and O–H groups in total. The van der Waals surface area contributed by atoms with Gasteiger partial charge in [0.25, 0.3) is 0 Å². The van der Waals surface area contributed by atoms with Crippen molar-refractivity contribution in [1.29, 1.82) is 0 Å². The first-order chi connectivity index (χ1) is 14.1. The van der Waals surface area contributed by atoms with E-state index in [-0.39, 0.29) is 12.1 Å². The monoisotopic (exact) mass is 390 g/mol. The van der Waals surface area contributed by atoms with Gasteiger partial charge in [-0.05, 0) is 38.1 Å². The van der Waals surface area contributed by atoms with Crippen LogP contribution in [-0.2, 0) is 0 Å². The fourth-order valence-electron chi connectivity index (χ4n) is 3.79. The summed E-state index contributed by atoms with van der Waals surface area (Å²) >= 11 is 0. The van der Waals surface area contributed by atoms with Crippen LogP contribution in [0.2, 0.25) is 0 Å². The SMILES string of the molecule is C=CCNC(=O)N1CCN(C2=Nc3ccccc3Oc3ccc(C)cc32)CC1C. The molecule has 2 heterocycles. The number of amidine groups is 1. The lowest BCUT2D eigenvalue weighted by Crippen LogP contribution is -2.57. The molecule has 4 rings (SSSR count). The summed E-state index contributed by atoms with van der Waals surface area (Å²) in [5.74, 6) is 2.45. The number of carbonyl (C=O) groups excluding carboxylic acids is 1. The van der Waals surface area contributed by atoms with Gasteiger partial charge in [-0.15, -0.1) is 6.58 Å². The van der Waals surface area contributed by atoms with E-state index in [9.17, 15) is 4.79 Å². The van der Waals surface area contributed by atoms with Crippen LogP contribution in [0.5, 0.6) is 11.5 Å². The van der Waals surface area contributed by atoms with Crippen molar-refractivity contribution in [1.82, 2.24) is 15.1 Å². The number of aliphatic imine (C=N–C) groups is 1. The Bertz CT molecular complexity index is 969. The molecule has 0 aromatic heterocycles. The van der Waals surface area contributed by atoms with E-state index in [0.717, 1.165) is 34.1 Å². The second kappa shape index (κ2) is 7.99. The molecular formula is C23H26N4O2. The summed E-state index contributed by atoms with van der Waals surface area (Å²) in [4.78, 5) is 21.5. The third-order valence-electron chi connectivity index (χ3n) is 5.27. The number of nitrogens with zero attached hydrogens (tertiary/aromatic N) is 3. The number of amides is 2. The predicted octanol–water partition coefficient (Wildman–Crippen LogP) is 4.08. The largest absolute Gasteiger partial charge is 0.454 e. The number of carbonyl (C=O) groups is 1. The second-order valence-corrected chi connectivity index (χ2v) is 7.47. The summed E-state index contributed by atoms with van der Waals surface area (Å²) in [7, 11) is 0. The van der Waals surface area contributed by atoms with Gasteiger partial charge < -0.3 is 19.9 Å². The van der Waals surface area contributed by atoms with Crippen molar-refractivity contribution in [3.05, 3.63) is 66.2 Å². The van der Waals surface area contributed by atoms with Crippen molar-refractivity contribution < 1.29 is 9.53 Å². The van der Waals surface area contributed by atoms with Crippen LogP contribution in [0.4, 0.5) is 10.5 Å². The second-order valence-electron chi connectivity index (χ2n) is 7.47. The van der Waals surface area contributed by atoms with Gasteiger partial charge in [-0.3, -0.25) is 0 Å². The molecule has 1 unspecified atom stereocenters. The Morgan fingerprint density at radius 1 is 1.28 bits per heavy atom. The maximum atomic E-state index is 12.4. The molecule has 0 saturated carbocycles. The number of piperazine rings is 1. The first kappa shape index (κ1) is 19.1. The number of ether oxygens (including phenoxy) is 1. The number of fused-ring (bicyclic) bond motifs is 2. The Balaban J connectivity index is 1.65. The number of urea groups is 1. The third-order valence-corrected chi connectivity index (χ3v) is 5.27. The molecule has 1 fully saturated rings. The molecule has 6 heteroatoms. The number of aryl methyl sites for hydroxylation is 1. The minimum atomic E-state index is -0.0511. The van der Waals surface area contributed by atoms with E-state index in [4.69, 9.17) is 9.73 Å². The third kappa shape index (κ3) is 3.83. The number of rotatable bonds is 2. The maximum Gasteiger partial charge on any atom is 0.318 e. The van der Waals surface area contributed by atoms with E-state index in [2.05, 4.69) is 42.8 Å². The van der Waals surface area contributed by atoms with Crippen molar-refractivity contribution in [2.24, 2.45) is 4.99 Å². The molecule has 6 nitrogen and oxygen atoms in total. The average molecular weight is 390 g/mol. The van der Waals surface area contributed by atoms with Gasteiger partial charge in [0.1, 0.15) is 17.3 Å². The Hall–Kier alpha value is -3.28. The van der Waals surface area contributed by atoms with Crippen LogP contribution in [0.1, 0.15) is 18.1 Å². The van der Waals surface area contributed by atoms with E-state index < -0.39 is 0 Å². The molecular weight excluding hydrogens is 364 g/mol. The van der Waals surface area contributed by atoms with E-state index >= 15 is 0 Å². The highest BCUT2D eigenvalue weighted by Gasteiger charge is 2.31. The van der Waals surface area contributed by atoms with Crippen LogP contribution in [0.3, 0.4) is 0 Å². The van der Waals surface area contributed by atoms with Crippen LogP contribution in [0.25, 0.3) is 0 Å². The fraction of sp³-hybridized carbons (Fsp3) is 0.304. The molecule has 2 aromatic carbocycles. The van der Waals surface area contributed by atoms with Crippen molar-refractivity contribution >= 4 is 17.6 Å². The van der Waals surface area contributed by atoms with Crippen LogP contribution in [0.15, 0.2) is 60.1 Å². The number of nitrogens with one attached hydrogen (secondary N) is 1. The lowest BCUT2D eigenvalue weighted by atomic mass is 10.1. The fourth-order valence-corrected chi connectivity index (χ4v) is 3.79. The van der Waals surface area contributed by atoms with Gasteiger partial charge in [0.05, 0.1) is 5.56 Å². The normalized spacial score (nSPS) is 18.0. The summed E-state index contributed by atoms with van der Waals surface area (Å²) < 4.78 is 6.18. The molecule has 29 heavy (non-hydrogen) atoms. The van der Waals surface area contributed by atoms with Crippen molar-refractivity contribution in [3.63, 3.8) is 0 Å². The zero-order valence-electron chi connectivity index (χ0n) is 16.9. The summed E-state index contributed by atoms with van der Waals surface area (Å²) in [5, 5.41) is 2.87. The Kier molecular flexibility index (Phi) is 5.25. The highest BCUT2D eigenvalue weighted by atomic mass is 16.5. The molecule has 2 aromatic rings. The minimum Gasteiger partial charge on any atom is -0.454 e. The molecule has 1 atom stereocenters. The highest BCUT2D eigenvalue weighted by Crippen LogP contribution is 2.38. The quantitative estimate of drug-likeness (QED) is 0.786. The van der Waals surface area contributed by atoms with Gasteiger partial charge in [-0.1, -0.05) is 29.8 Å². The van der Waals surface area contributed by atoms with Gasteiger partial charge in [-0.2, -0.15) is 0 Å². The molecule has 0 radical (unpaired) electrons. The van der Waals surface area contributed by atoms with E-state index in [1.54, 1.807) is 6.08 Å². The molecule has 1 saturated heterocycles. The summed E-state index contributed by atoms with van der Waals surface area (Å²) in [6.07, 6.45) is 1.69. The number of hydrogen-bond donors (Lipinski definition) is 1. The number of benzene rings is 2.